The van der Waals surface area contributed by atoms with Crippen molar-refractivity contribution in [2.24, 2.45) is 16.6 Å². The van der Waals surface area contributed by atoms with Gasteiger partial charge in [0.15, 0.2) is 0 Å². The largest absolute Gasteiger partial charge is 0.381 e. The second kappa shape index (κ2) is 6.91. The van der Waals surface area contributed by atoms with Crippen molar-refractivity contribution in [3.05, 3.63) is 0 Å². The van der Waals surface area contributed by atoms with Gasteiger partial charge in [0.1, 0.15) is 0 Å². The molecule has 0 radical (unpaired) electrons. The Hall–Kier alpha value is -0.320. The molecule has 1 aliphatic heterocycles. The van der Waals surface area contributed by atoms with E-state index in [1.807, 2.05) is 0 Å². The number of nitrogens with one attached hydrogen (secondary N) is 1. The fraction of sp³-hybridized carbons (Fsp3) is 0.929. The van der Waals surface area contributed by atoms with Crippen LogP contribution >= 0.6 is 12.4 Å². The minimum atomic E-state index is -0.378. The highest BCUT2D eigenvalue weighted by atomic mass is 35.5. The lowest BCUT2D eigenvalue weighted by Gasteiger charge is -2.43. The normalized spacial score (nSPS) is 23.9. The van der Waals surface area contributed by atoms with Crippen molar-refractivity contribution in [1.82, 2.24) is 5.32 Å². The maximum atomic E-state index is 12.4. The quantitative estimate of drug-likeness (QED) is 0.812. The molecule has 1 saturated carbocycles. The Bertz CT molecular complexity index is 294. The number of halogens is 1. The minimum Gasteiger partial charge on any atom is -0.381 e. The Labute approximate surface area is 122 Å². The van der Waals surface area contributed by atoms with Gasteiger partial charge in [-0.1, -0.05) is 13.3 Å². The molecule has 0 aromatic heterocycles. The SMILES string of the molecule is CCC1(CNC(=O)C2(CN)CCOCC2)CCC1.Cl. The molecular formula is C14H27ClN2O2. The molecule has 1 heterocycles. The summed E-state index contributed by atoms with van der Waals surface area (Å²) in [6.07, 6.45) is 6.49. The highest BCUT2D eigenvalue weighted by Crippen LogP contribution is 2.43. The van der Waals surface area contributed by atoms with Crippen LogP contribution < -0.4 is 11.1 Å². The first-order chi connectivity index (χ1) is 8.66. The lowest BCUT2D eigenvalue weighted by atomic mass is 9.67. The lowest BCUT2D eigenvalue weighted by molar-refractivity contribution is -0.136. The van der Waals surface area contributed by atoms with Gasteiger partial charge in [-0.2, -0.15) is 0 Å². The van der Waals surface area contributed by atoms with Crippen molar-refractivity contribution >= 4 is 18.3 Å². The molecule has 2 rings (SSSR count). The fourth-order valence-electron chi connectivity index (χ4n) is 3.07. The summed E-state index contributed by atoms with van der Waals surface area (Å²) in [6.45, 7) is 4.79. The van der Waals surface area contributed by atoms with E-state index in [0.717, 1.165) is 25.8 Å². The Kier molecular flexibility index (Phi) is 6.09. The van der Waals surface area contributed by atoms with Gasteiger partial charge >= 0.3 is 0 Å². The van der Waals surface area contributed by atoms with Crippen LogP contribution in [-0.2, 0) is 9.53 Å². The van der Waals surface area contributed by atoms with Crippen molar-refractivity contribution in [2.75, 3.05) is 26.3 Å². The number of carbonyl (C=O) groups is 1. The van der Waals surface area contributed by atoms with E-state index in [9.17, 15) is 4.79 Å². The van der Waals surface area contributed by atoms with E-state index in [0.29, 0.717) is 25.2 Å². The molecule has 0 unspecified atom stereocenters. The summed E-state index contributed by atoms with van der Waals surface area (Å²) >= 11 is 0. The van der Waals surface area contributed by atoms with Crippen molar-refractivity contribution < 1.29 is 9.53 Å². The Balaban J connectivity index is 0.00000180. The van der Waals surface area contributed by atoms with Gasteiger partial charge in [0, 0.05) is 26.3 Å². The van der Waals surface area contributed by atoms with Crippen LogP contribution in [0, 0.1) is 10.8 Å². The molecule has 19 heavy (non-hydrogen) atoms. The standard InChI is InChI=1S/C14H26N2O2.ClH/c1-2-13(4-3-5-13)11-16-12(17)14(10-15)6-8-18-9-7-14;/h2-11,15H2,1H3,(H,16,17);1H. The van der Waals surface area contributed by atoms with Gasteiger partial charge in [-0.3, -0.25) is 4.79 Å². The van der Waals surface area contributed by atoms with Crippen LogP contribution in [0.1, 0.15) is 45.4 Å². The number of hydrogen-bond donors (Lipinski definition) is 2. The minimum absolute atomic E-state index is 0. The molecule has 3 N–H and O–H groups in total. The van der Waals surface area contributed by atoms with Gasteiger partial charge in [0.05, 0.1) is 5.41 Å². The van der Waals surface area contributed by atoms with E-state index in [4.69, 9.17) is 10.5 Å². The van der Waals surface area contributed by atoms with Crippen LogP contribution in [0.2, 0.25) is 0 Å². The molecule has 0 atom stereocenters. The van der Waals surface area contributed by atoms with Crippen molar-refractivity contribution in [3.8, 4) is 0 Å². The number of carbonyl (C=O) groups excluding carboxylic acids is 1. The van der Waals surface area contributed by atoms with Crippen molar-refractivity contribution in [3.63, 3.8) is 0 Å². The van der Waals surface area contributed by atoms with Gasteiger partial charge in [-0.25, -0.2) is 0 Å². The summed E-state index contributed by atoms with van der Waals surface area (Å²) in [5.74, 6) is 0.146. The zero-order valence-electron chi connectivity index (χ0n) is 11.9. The topological polar surface area (TPSA) is 64.4 Å². The van der Waals surface area contributed by atoms with Crippen LogP contribution in [0.25, 0.3) is 0 Å². The Morgan fingerprint density at radius 3 is 2.32 bits per heavy atom. The van der Waals surface area contributed by atoms with Crippen molar-refractivity contribution in [2.45, 2.75) is 45.4 Å². The predicted octanol–water partition coefficient (Wildman–Crippen LogP) is 1.86. The number of hydrogen-bond acceptors (Lipinski definition) is 3. The number of amides is 1. The summed E-state index contributed by atoms with van der Waals surface area (Å²) in [6, 6.07) is 0. The fourth-order valence-corrected chi connectivity index (χ4v) is 3.07. The summed E-state index contributed by atoms with van der Waals surface area (Å²) in [4.78, 5) is 12.4. The first-order valence-corrected chi connectivity index (χ1v) is 7.23. The molecule has 1 aliphatic carbocycles. The third kappa shape index (κ3) is 3.41. The van der Waals surface area contributed by atoms with E-state index in [2.05, 4.69) is 12.2 Å². The van der Waals surface area contributed by atoms with Crippen LogP contribution in [0.3, 0.4) is 0 Å². The molecule has 1 amide bonds. The van der Waals surface area contributed by atoms with E-state index in [1.54, 1.807) is 0 Å². The second-order valence-electron chi connectivity index (χ2n) is 5.99. The Morgan fingerprint density at radius 2 is 1.89 bits per heavy atom. The maximum Gasteiger partial charge on any atom is 0.227 e. The number of ether oxygens (including phenoxy) is 1. The highest BCUT2D eigenvalue weighted by Gasteiger charge is 2.41. The first-order valence-electron chi connectivity index (χ1n) is 7.23. The molecule has 0 aromatic rings. The first kappa shape index (κ1) is 16.7. The smallest absolute Gasteiger partial charge is 0.227 e. The number of rotatable bonds is 5. The average Bonchev–Trinajstić information content (AvgIpc) is 2.38. The second-order valence-corrected chi connectivity index (χ2v) is 5.99. The molecule has 2 fully saturated rings. The molecule has 4 nitrogen and oxygen atoms in total. The van der Waals surface area contributed by atoms with Crippen LogP contribution in [0.5, 0.6) is 0 Å². The lowest BCUT2D eigenvalue weighted by Crippen LogP contribution is -2.52. The van der Waals surface area contributed by atoms with E-state index < -0.39 is 0 Å². The average molecular weight is 291 g/mol. The zero-order chi connectivity index (χ0) is 13.1. The van der Waals surface area contributed by atoms with Gasteiger partial charge in [-0.05, 0) is 37.5 Å². The molecule has 112 valence electrons. The maximum absolute atomic E-state index is 12.4. The summed E-state index contributed by atoms with van der Waals surface area (Å²) < 4.78 is 5.34. The van der Waals surface area contributed by atoms with E-state index in [-0.39, 0.29) is 23.7 Å². The molecule has 2 aliphatic rings. The highest BCUT2D eigenvalue weighted by molar-refractivity contribution is 5.85. The Morgan fingerprint density at radius 1 is 1.26 bits per heavy atom. The van der Waals surface area contributed by atoms with Crippen molar-refractivity contribution in [1.29, 1.82) is 0 Å². The predicted molar refractivity (Wildman–Crippen MR) is 78.4 cm³/mol. The monoisotopic (exact) mass is 290 g/mol. The molecule has 0 aromatic carbocycles. The van der Waals surface area contributed by atoms with Gasteiger partial charge in [0.25, 0.3) is 0 Å². The summed E-state index contributed by atoms with van der Waals surface area (Å²) in [5.41, 5.74) is 5.83. The molecule has 5 heteroatoms. The third-order valence-corrected chi connectivity index (χ3v) is 5.11. The molecular weight excluding hydrogens is 264 g/mol. The third-order valence-electron chi connectivity index (χ3n) is 5.11. The molecule has 0 bridgehead atoms. The van der Waals surface area contributed by atoms with E-state index >= 15 is 0 Å². The van der Waals surface area contributed by atoms with Gasteiger partial charge in [0.2, 0.25) is 5.91 Å². The summed E-state index contributed by atoms with van der Waals surface area (Å²) in [5, 5.41) is 3.16. The van der Waals surface area contributed by atoms with Crippen LogP contribution in [-0.4, -0.2) is 32.2 Å². The van der Waals surface area contributed by atoms with E-state index in [1.165, 1.54) is 19.3 Å². The van der Waals surface area contributed by atoms with Gasteiger partial charge < -0.3 is 15.8 Å². The molecule has 0 spiro atoms. The van der Waals surface area contributed by atoms with Crippen LogP contribution in [0.15, 0.2) is 0 Å². The number of nitrogens with two attached hydrogens (primary N) is 1. The zero-order valence-corrected chi connectivity index (χ0v) is 12.7. The van der Waals surface area contributed by atoms with Gasteiger partial charge in [-0.15, -0.1) is 12.4 Å². The molecule has 1 saturated heterocycles. The summed E-state index contributed by atoms with van der Waals surface area (Å²) in [7, 11) is 0. The van der Waals surface area contributed by atoms with Crippen LogP contribution in [0.4, 0.5) is 0 Å².